The molecular weight excluding hydrogens is 256 g/mol. The third-order valence-electron chi connectivity index (χ3n) is 2.76. The van der Waals surface area contributed by atoms with E-state index in [4.69, 9.17) is 11.7 Å². The lowest BCUT2D eigenvalue weighted by Crippen LogP contribution is -2.20. The molecule has 6 N–H and O–H groups in total. The van der Waals surface area contributed by atoms with Gasteiger partial charge in [-0.1, -0.05) is 0 Å². The van der Waals surface area contributed by atoms with Crippen molar-refractivity contribution in [2.24, 2.45) is 21.9 Å². The third kappa shape index (κ3) is 2.69. The van der Waals surface area contributed by atoms with Gasteiger partial charge in [-0.3, -0.25) is 0 Å². The van der Waals surface area contributed by atoms with Crippen LogP contribution in [0.4, 0.5) is 0 Å². The van der Waals surface area contributed by atoms with Gasteiger partial charge in [0, 0.05) is 11.1 Å². The van der Waals surface area contributed by atoms with Crippen LogP contribution >= 0.6 is 0 Å². The van der Waals surface area contributed by atoms with Crippen molar-refractivity contribution in [1.29, 1.82) is 0 Å². The smallest absolute Gasteiger partial charge is 0.118 e. The van der Waals surface area contributed by atoms with Crippen molar-refractivity contribution < 1.29 is 10.2 Å². The largest absolute Gasteiger partial charge is 0.508 e. The van der Waals surface area contributed by atoms with Crippen LogP contribution in [0, 0.1) is 0 Å². The van der Waals surface area contributed by atoms with Crippen LogP contribution in [0.2, 0.25) is 0 Å². The highest BCUT2D eigenvalue weighted by atomic mass is 16.3. The molecule has 0 fully saturated rings. The average Bonchev–Trinajstić information content (AvgIpc) is 2.47. The molecule has 2 aromatic rings. The number of hydrogen-bond acceptors (Lipinski definition) is 6. The van der Waals surface area contributed by atoms with E-state index in [2.05, 4.69) is 10.2 Å². The maximum Gasteiger partial charge on any atom is 0.118 e. The molecule has 0 unspecified atom stereocenters. The molecule has 0 heterocycles. The molecule has 20 heavy (non-hydrogen) atoms. The van der Waals surface area contributed by atoms with E-state index in [0.29, 0.717) is 22.6 Å². The van der Waals surface area contributed by atoms with E-state index in [0.717, 1.165) is 0 Å². The molecule has 0 atom stereocenters. The minimum atomic E-state index is 0.140. The Labute approximate surface area is 115 Å². The van der Waals surface area contributed by atoms with Crippen LogP contribution in [-0.2, 0) is 0 Å². The molecule has 102 valence electrons. The van der Waals surface area contributed by atoms with Crippen LogP contribution in [-0.4, -0.2) is 21.6 Å². The number of nitrogens with two attached hydrogens (primary N) is 2. The Morgan fingerprint density at radius 2 is 0.950 bits per heavy atom. The van der Waals surface area contributed by atoms with Gasteiger partial charge in [-0.05, 0) is 48.5 Å². The number of hydrogen-bond donors (Lipinski definition) is 4. The van der Waals surface area contributed by atoms with Gasteiger partial charge in [0.2, 0.25) is 0 Å². The number of aromatic hydroxyl groups is 2. The molecule has 0 aliphatic carbocycles. The summed E-state index contributed by atoms with van der Waals surface area (Å²) >= 11 is 0. The summed E-state index contributed by atoms with van der Waals surface area (Å²) in [7, 11) is 0. The zero-order valence-corrected chi connectivity index (χ0v) is 10.6. The van der Waals surface area contributed by atoms with E-state index >= 15 is 0 Å². The van der Waals surface area contributed by atoms with Crippen molar-refractivity contribution >= 4 is 11.4 Å². The Balaban J connectivity index is 2.44. The molecule has 0 aliphatic heterocycles. The molecule has 6 heteroatoms. The fourth-order valence-electron chi connectivity index (χ4n) is 1.78. The fourth-order valence-corrected chi connectivity index (χ4v) is 1.78. The maximum atomic E-state index is 9.30. The van der Waals surface area contributed by atoms with Crippen LogP contribution in [0.15, 0.2) is 58.7 Å². The first-order valence-corrected chi connectivity index (χ1v) is 5.80. The van der Waals surface area contributed by atoms with Crippen molar-refractivity contribution in [2.75, 3.05) is 0 Å². The number of phenolic OH excluding ortho intramolecular Hbond substituents is 2. The summed E-state index contributed by atoms with van der Waals surface area (Å²) in [6.45, 7) is 0. The highest BCUT2D eigenvalue weighted by Crippen LogP contribution is 2.15. The lowest BCUT2D eigenvalue weighted by Gasteiger charge is -2.09. The van der Waals surface area contributed by atoms with E-state index in [-0.39, 0.29) is 11.5 Å². The fraction of sp³-hybridized carbons (Fsp3) is 0. The van der Waals surface area contributed by atoms with Crippen molar-refractivity contribution in [2.45, 2.75) is 0 Å². The van der Waals surface area contributed by atoms with Crippen LogP contribution in [0.25, 0.3) is 0 Å². The first-order chi connectivity index (χ1) is 9.65. The van der Waals surface area contributed by atoms with Crippen molar-refractivity contribution in [3.63, 3.8) is 0 Å². The Morgan fingerprint density at radius 3 is 1.20 bits per heavy atom. The lowest BCUT2D eigenvalue weighted by molar-refractivity contribution is 0.474. The third-order valence-corrected chi connectivity index (χ3v) is 2.76. The Morgan fingerprint density at radius 1 is 0.650 bits per heavy atom. The summed E-state index contributed by atoms with van der Waals surface area (Å²) in [5.41, 5.74) is 2.11. The predicted molar refractivity (Wildman–Crippen MR) is 77.7 cm³/mol. The number of nitrogens with zero attached hydrogens (tertiary/aromatic N) is 2. The molecule has 0 aromatic heterocycles. The molecule has 0 saturated heterocycles. The Hall–Kier alpha value is -3.02. The highest BCUT2D eigenvalue weighted by Gasteiger charge is 2.14. The van der Waals surface area contributed by atoms with Crippen LogP contribution in [0.3, 0.4) is 0 Å². The molecule has 0 spiro atoms. The zero-order chi connectivity index (χ0) is 14.5. The normalized spacial score (nSPS) is 12.4. The van der Waals surface area contributed by atoms with Gasteiger partial charge in [0.25, 0.3) is 0 Å². The first kappa shape index (κ1) is 13.4. The zero-order valence-electron chi connectivity index (χ0n) is 10.6. The van der Waals surface area contributed by atoms with E-state index in [9.17, 15) is 10.2 Å². The Bertz CT molecular complexity index is 586. The second kappa shape index (κ2) is 5.75. The Kier molecular flexibility index (Phi) is 3.85. The summed E-state index contributed by atoms with van der Waals surface area (Å²) in [5, 5.41) is 26.0. The van der Waals surface area contributed by atoms with Crippen molar-refractivity contribution in [3.05, 3.63) is 59.7 Å². The second-order valence-corrected chi connectivity index (χ2v) is 4.05. The minimum Gasteiger partial charge on any atom is -0.508 e. The second-order valence-electron chi connectivity index (χ2n) is 4.05. The molecule has 0 saturated carbocycles. The van der Waals surface area contributed by atoms with Crippen LogP contribution in [0.5, 0.6) is 11.5 Å². The molecule has 0 amide bonds. The predicted octanol–water partition coefficient (Wildman–Crippen LogP) is 1.12. The minimum absolute atomic E-state index is 0.140. The lowest BCUT2D eigenvalue weighted by atomic mass is 9.99. The van der Waals surface area contributed by atoms with Crippen LogP contribution in [0.1, 0.15) is 11.1 Å². The molecule has 2 rings (SSSR count). The number of rotatable bonds is 3. The van der Waals surface area contributed by atoms with Gasteiger partial charge in [0.05, 0.1) is 0 Å². The molecule has 2 aromatic carbocycles. The average molecular weight is 270 g/mol. The topological polar surface area (TPSA) is 117 Å². The van der Waals surface area contributed by atoms with Gasteiger partial charge >= 0.3 is 0 Å². The highest BCUT2D eigenvalue weighted by molar-refractivity contribution is 6.53. The number of phenols is 2. The van der Waals surface area contributed by atoms with Crippen LogP contribution < -0.4 is 11.7 Å². The molecule has 6 nitrogen and oxygen atoms in total. The van der Waals surface area contributed by atoms with Crippen molar-refractivity contribution in [1.82, 2.24) is 0 Å². The van der Waals surface area contributed by atoms with E-state index in [1.807, 2.05) is 0 Å². The van der Waals surface area contributed by atoms with E-state index < -0.39 is 0 Å². The summed E-state index contributed by atoms with van der Waals surface area (Å²) < 4.78 is 0. The van der Waals surface area contributed by atoms with Gasteiger partial charge in [-0.15, -0.1) is 0 Å². The van der Waals surface area contributed by atoms with E-state index in [1.165, 1.54) is 24.3 Å². The molecule has 0 aliphatic rings. The monoisotopic (exact) mass is 270 g/mol. The molecule has 0 bridgehead atoms. The standard InChI is InChI=1S/C14H14N4O2/c15-17-13(9-1-5-11(19)6-2-9)14(18-16)10-3-7-12(20)8-4-10/h1-8,19-20H,15-16H2. The summed E-state index contributed by atoms with van der Waals surface area (Å²) in [5.74, 6) is 11.1. The van der Waals surface area contributed by atoms with Gasteiger partial charge in [-0.2, -0.15) is 10.2 Å². The van der Waals surface area contributed by atoms with Gasteiger partial charge in [0.1, 0.15) is 22.9 Å². The number of hydrazone groups is 2. The summed E-state index contributed by atoms with van der Waals surface area (Å²) in [4.78, 5) is 0. The maximum absolute atomic E-state index is 9.30. The van der Waals surface area contributed by atoms with Crippen molar-refractivity contribution in [3.8, 4) is 11.5 Å². The summed E-state index contributed by atoms with van der Waals surface area (Å²) in [6.07, 6.45) is 0. The summed E-state index contributed by atoms with van der Waals surface area (Å²) in [6, 6.07) is 12.7. The van der Waals surface area contributed by atoms with Gasteiger partial charge in [-0.25, -0.2) is 0 Å². The molecule has 0 radical (unpaired) electrons. The van der Waals surface area contributed by atoms with E-state index in [1.54, 1.807) is 24.3 Å². The number of benzene rings is 2. The van der Waals surface area contributed by atoms with Gasteiger partial charge < -0.3 is 21.9 Å². The first-order valence-electron chi connectivity index (χ1n) is 5.80. The van der Waals surface area contributed by atoms with Gasteiger partial charge in [0.15, 0.2) is 0 Å². The quantitative estimate of drug-likeness (QED) is 0.380. The molecular formula is C14H14N4O2. The SMILES string of the molecule is NN=C(C(=NN)c1ccc(O)cc1)c1ccc(O)cc1.